The van der Waals surface area contributed by atoms with Crippen LogP contribution in [0.5, 0.6) is 0 Å². The average molecular weight is 371 g/mol. The van der Waals surface area contributed by atoms with E-state index in [4.69, 9.17) is 5.11 Å². The lowest BCUT2D eigenvalue weighted by atomic mass is 10.1. The smallest absolute Gasteiger partial charge is 0.320 e. The van der Waals surface area contributed by atoms with Gasteiger partial charge < -0.3 is 15.0 Å². The van der Waals surface area contributed by atoms with Gasteiger partial charge in [-0.15, -0.1) is 0 Å². The van der Waals surface area contributed by atoms with Gasteiger partial charge in [-0.2, -0.15) is 0 Å². The first-order valence-electron chi connectivity index (χ1n) is 8.81. The van der Waals surface area contributed by atoms with Crippen LogP contribution in [0.3, 0.4) is 0 Å². The second-order valence-electron chi connectivity index (χ2n) is 6.78. The first-order valence-corrected chi connectivity index (χ1v) is 8.81. The summed E-state index contributed by atoms with van der Waals surface area (Å²) in [6.45, 7) is 5.87. The Morgan fingerprint density at radius 3 is 1.73 bits per heavy atom. The van der Waals surface area contributed by atoms with Crippen LogP contribution in [-0.2, 0) is 19.2 Å². The molecular formula is C17H29N3O6. The molecule has 0 aromatic rings. The highest BCUT2D eigenvalue weighted by molar-refractivity contribution is 5.78. The molecule has 0 bridgehead atoms. The number of carbonyl (C=O) groups excluding carboxylic acids is 2. The van der Waals surface area contributed by atoms with Gasteiger partial charge in [0.2, 0.25) is 0 Å². The predicted molar refractivity (Wildman–Crippen MR) is 94.1 cm³/mol. The standard InChI is InChI=1S/C17H29N3O6/c1-13(21)3-4-15(17(25)26)20-9-7-18(11-14(2)22)5-6-19(8-10-20)12-16(23)24/h15H,3-12H2,1-2H3,(H,23,24)(H,25,26). The Morgan fingerprint density at radius 1 is 0.808 bits per heavy atom. The normalized spacial score (nSPS) is 19.2. The summed E-state index contributed by atoms with van der Waals surface area (Å²) in [6, 6.07) is -0.803. The first-order chi connectivity index (χ1) is 12.2. The van der Waals surface area contributed by atoms with Crippen molar-refractivity contribution in [3.63, 3.8) is 0 Å². The molecule has 0 radical (unpaired) electrons. The van der Waals surface area contributed by atoms with Crippen molar-refractivity contribution in [2.24, 2.45) is 0 Å². The average Bonchev–Trinajstić information content (AvgIpc) is 2.59. The zero-order valence-electron chi connectivity index (χ0n) is 15.5. The Labute approximate surface area is 153 Å². The summed E-state index contributed by atoms with van der Waals surface area (Å²) in [5.74, 6) is -1.99. The van der Waals surface area contributed by atoms with Gasteiger partial charge in [0.05, 0.1) is 13.1 Å². The van der Waals surface area contributed by atoms with Crippen LogP contribution in [0.15, 0.2) is 0 Å². The SMILES string of the molecule is CC(=O)CCC(C(=O)O)N1CCN(CC(C)=O)CCN(CC(=O)O)CC1. The molecule has 0 aromatic heterocycles. The number of hydrogen-bond acceptors (Lipinski definition) is 7. The van der Waals surface area contributed by atoms with Gasteiger partial charge in [-0.25, -0.2) is 0 Å². The maximum Gasteiger partial charge on any atom is 0.320 e. The summed E-state index contributed by atoms with van der Waals surface area (Å²) in [7, 11) is 0. The van der Waals surface area contributed by atoms with Crippen LogP contribution in [0.25, 0.3) is 0 Å². The second-order valence-corrected chi connectivity index (χ2v) is 6.78. The summed E-state index contributed by atoms with van der Waals surface area (Å²) < 4.78 is 0. The minimum absolute atomic E-state index is 0.00643. The van der Waals surface area contributed by atoms with Crippen LogP contribution in [-0.4, -0.2) is 107 Å². The molecule has 0 aromatic carbocycles. The molecule has 1 heterocycles. The Kier molecular flexibility index (Phi) is 9.39. The lowest BCUT2D eigenvalue weighted by Crippen LogP contribution is -2.47. The molecule has 26 heavy (non-hydrogen) atoms. The second kappa shape index (κ2) is 11.0. The molecule has 9 heteroatoms. The summed E-state index contributed by atoms with van der Waals surface area (Å²) in [5, 5.41) is 18.6. The Bertz CT molecular complexity index is 497. The fourth-order valence-corrected chi connectivity index (χ4v) is 3.09. The maximum absolute atomic E-state index is 11.7. The molecule has 1 aliphatic rings. The van der Waals surface area contributed by atoms with Crippen molar-refractivity contribution in [1.29, 1.82) is 0 Å². The van der Waals surface area contributed by atoms with Gasteiger partial charge in [-0.1, -0.05) is 0 Å². The third-order valence-electron chi connectivity index (χ3n) is 4.44. The highest BCUT2D eigenvalue weighted by Gasteiger charge is 2.28. The number of nitrogens with zero attached hydrogens (tertiary/aromatic N) is 3. The van der Waals surface area contributed by atoms with E-state index < -0.39 is 18.0 Å². The van der Waals surface area contributed by atoms with Crippen LogP contribution in [0.4, 0.5) is 0 Å². The quantitative estimate of drug-likeness (QED) is 0.548. The number of hydrogen-bond donors (Lipinski definition) is 2. The van der Waals surface area contributed by atoms with Crippen LogP contribution in [0.2, 0.25) is 0 Å². The molecular weight excluding hydrogens is 342 g/mol. The summed E-state index contributed by atoms with van der Waals surface area (Å²) >= 11 is 0. The third kappa shape index (κ3) is 8.50. The van der Waals surface area contributed by atoms with Crippen molar-refractivity contribution in [2.75, 3.05) is 52.4 Å². The third-order valence-corrected chi connectivity index (χ3v) is 4.44. The van der Waals surface area contributed by atoms with Crippen LogP contribution in [0.1, 0.15) is 26.7 Å². The highest BCUT2D eigenvalue weighted by atomic mass is 16.4. The fourth-order valence-electron chi connectivity index (χ4n) is 3.09. The molecule has 1 saturated heterocycles. The monoisotopic (exact) mass is 371 g/mol. The minimum Gasteiger partial charge on any atom is -0.480 e. The van der Waals surface area contributed by atoms with E-state index in [9.17, 15) is 24.3 Å². The molecule has 2 N–H and O–H groups in total. The van der Waals surface area contributed by atoms with Gasteiger partial charge in [0.15, 0.2) is 0 Å². The van der Waals surface area contributed by atoms with Crippen molar-refractivity contribution in [3.05, 3.63) is 0 Å². The van der Waals surface area contributed by atoms with E-state index >= 15 is 0 Å². The summed E-state index contributed by atoms with van der Waals surface area (Å²) in [4.78, 5) is 50.9. The number of ketones is 2. The lowest BCUT2D eigenvalue weighted by molar-refractivity contribution is -0.144. The highest BCUT2D eigenvalue weighted by Crippen LogP contribution is 2.11. The van der Waals surface area contributed by atoms with Gasteiger partial charge in [0.1, 0.15) is 17.6 Å². The maximum atomic E-state index is 11.7. The largest absolute Gasteiger partial charge is 0.480 e. The van der Waals surface area contributed by atoms with E-state index in [1.807, 2.05) is 4.90 Å². The van der Waals surface area contributed by atoms with Crippen molar-refractivity contribution in [3.8, 4) is 0 Å². The van der Waals surface area contributed by atoms with Gasteiger partial charge in [0.25, 0.3) is 0 Å². The molecule has 0 aliphatic carbocycles. The lowest BCUT2D eigenvalue weighted by Gasteiger charge is -2.30. The van der Waals surface area contributed by atoms with E-state index in [0.29, 0.717) is 39.3 Å². The number of carbonyl (C=O) groups is 4. The van der Waals surface area contributed by atoms with Crippen molar-refractivity contribution in [2.45, 2.75) is 32.7 Å². The zero-order valence-corrected chi connectivity index (χ0v) is 15.5. The summed E-state index contributed by atoms with van der Waals surface area (Å²) in [5.41, 5.74) is 0. The van der Waals surface area contributed by atoms with Crippen molar-refractivity contribution >= 4 is 23.5 Å². The number of aliphatic carboxylic acids is 2. The molecule has 1 fully saturated rings. The molecule has 1 aliphatic heterocycles. The molecule has 0 amide bonds. The molecule has 0 spiro atoms. The number of carboxylic acid groups (broad SMARTS) is 2. The van der Waals surface area contributed by atoms with E-state index in [2.05, 4.69) is 0 Å². The Balaban J connectivity index is 2.90. The van der Waals surface area contributed by atoms with Crippen LogP contribution < -0.4 is 0 Å². The fraction of sp³-hybridized carbons (Fsp3) is 0.765. The minimum atomic E-state index is -0.992. The van der Waals surface area contributed by atoms with Crippen LogP contribution >= 0.6 is 0 Å². The molecule has 1 atom stereocenters. The zero-order chi connectivity index (χ0) is 19.7. The van der Waals surface area contributed by atoms with Crippen molar-refractivity contribution in [1.82, 2.24) is 14.7 Å². The molecule has 1 unspecified atom stereocenters. The number of Topliss-reactive ketones (excluding diaryl/α,β-unsaturated/α-hetero) is 2. The Hall–Kier alpha value is -1.84. The summed E-state index contributed by atoms with van der Waals surface area (Å²) in [6.07, 6.45) is 0.403. The number of carboxylic acids is 2. The molecule has 1 rings (SSSR count). The number of rotatable bonds is 9. The van der Waals surface area contributed by atoms with E-state index in [1.54, 1.807) is 9.80 Å². The molecule has 9 nitrogen and oxygen atoms in total. The van der Waals surface area contributed by atoms with E-state index in [-0.39, 0.29) is 37.5 Å². The predicted octanol–water partition coefficient (Wildman–Crippen LogP) is -0.598. The molecule has 148 valence electrons. The van der Waals surface area contributed by atoms with Gasteiger partial charge in [0, 0.05) is 45.7 Å². The van der Waals surface area contributed by atoms with Crippen LogP contribution in [0, 0.1) is 0 Å². The van der Waals surface area contributed by atoms with Gasteiger partial charge in [-0.05, 0) is 20.3 Å². The van der Waals surface area contributed by atoms with E-state index in [1.165, 1.54) is 13.8 Å². The van der Waals surface area contributed by atoms with Gasteiger partial charge in [-0.3, -0.25) is 29.1 Å². The van der Waals surface area contributed by atoms with E-state index in [0.717, 1.165) is 0 Å². The molecule has 0 saturated carbocycles. The van der Waals surface area contributed by atoms with Crippen molar-refractivity contribution < 1.29 is 29.4 Å². The Morgan fingerprint density at radius 2 is 1.31 bits per heavy atom. The topological polar surface area (TPSA) is 118 Å². The first kappa shape index (κ1) is 22.2. The van der Waals surface area contributed by atoms with Gasteiger partial charge >= 0.3 is 11.9 Å².